The number of halogens is 1. The average Bonchev–Trinajstić information content (AvgIpc) is 2.27. The molecule has 0 aromatic heterocycles. The van der Waals surface area contributed by atoms with Crippen molar-refractivity contribution in [3.63, 3.8) is 0 Å². The van der Waals surface area contributed by atoms with Crippen LogP contribution in [-0.4, -0.2) is 37.2 Å². The summed E-state index contributed by atoms with van der Waals surface area (Å²) in [4.78, 5) is 0.210. The van der Waals surface area contributed by atoms with Crippen molar-refractivity contribution < 1.29 is 8.42 Å². The number of rotatable bonds is 6. The first-order chi connectivity index (χ1) is 7.92. The summed E-state index contributed by atoms with van der Waals surface area (Å²) in [5.41, 5.74) is 0. The Morgan fingerprint density at radius 3 is 2.35 bits per heavy atom. The summed E-state index contributed by atoms with van der Waals surface area (Å²) in [6.45, 7) is 6.05. The summed E-state index contributed by atoms with van der Waals surface area (Å²) in [7, 11) is -3.26. The lowest BCUT2D eigenvalue weighted by Crippen LogP contribution is -2.45. The molecular weight excluding hydrogens is 304 g/mol. The van der Waals surface area contributed by atoms with Crippen LogP contribution < -0.4 is 4.72 Å². The zero-order valence-electron chi connectivity index (χ0n) is 10.7. The van der Waals surface area contributed by atoms with Gasteiger partial charge in [-0.25, -0.2) is 4.72 Å². The van der Waals surface area contributed by atoms with Gasteiger partial charge in [0.2, 0.25) is 0 Å². The molecule has 0 spiro atoms. The SMILES string of the molecule is CC(C)CC(Br)CNS(=O)(=O)N1CCCCC1. The third-order valence-electron chi connectivity index (χ3n) is 2.87. The van der Waals surface area contributed by atoms with Gasteiger partial charge in [0.15, 0.2) is 0 Å². The van der Waals surface area contributed by atoms with Gasteiger partial charge in [-0.1, -0.05) is 36.2 Å². The third kappa shape index (κ3) is 5.68. The summed E-state index contributed by atoms with van der Waals surface area (Å²) < 4.78 is 28.2. The van der Waals surface area contributed by atoms with Crippen molar-refractivity contribution in [1.29, 1.82) is 0 Å². The molecule has 1 rings (SSSR count). The number of nitrogens with zero attached hydrogens (tertiary/aromatic N) is 1. The Morgan fingerprint density at radius 1 is 1.24 bits per heavy atom. The third-order valence-corrected chi connectivity index (χ3v) is 5.14. The highest BCUT2D eigenvalue weighted by Gasteiger charge is 2.24. The molecular formula is C11H23BrN2O2S. The van der Waals surface area contributed by atoms with Gasteiger partial charge in [-0.05, 0) is 25.2 Å². The topological polar surface area (TPSA) is 49.4 Å². The van der Waals surface area contributed by atoms with Crippen molar-refractivity contribution in [1.82, 2.24) is 9.03 Å². The van der Waals surface area contributed by atoms with Crippen LogP contribution in [0.3, 0.4) is 0 Å². The number of nitrogens with one attached hydrogen (secondary N) is 1. The molecule has 1 N–H and O–H groups in total. The predicted molar refractivity (Wildman–Crippen MR) is 74.5 cm³/mol. The Kier molecular flexibility index (Phi) is 6.40. The molecule has 6 heteroatoms. The highest BCUT2D eigenvalue weighted by molar-refractivity contribution is 9.09. The minimum Gasteiger partial charge on any atom is -0.201 e. The minimum atomic E-state index is -3.26. The van der Waals surface area contributed by atoms with Crippen molar-refractivity contribution in [2.75, 3.05) is 19.6 Å². The zero-order chi connectivity index (χ0) is 12.9. The standard InChI is InChI=1S/C11H23BrN2O2S/c1-10(2)8-11(12)9-13-17(15,16)14-6-4-3-5-7-14/h10-11,13H,3-9H2,1-2H3. The van der Waals surface area contributed by atoms with Gasteiger partial charge in [-0.3, -0.25) is 0 Å². The van der Waals surface area contributed by atoms with Crippen molar-refractivity contribution in [2.24, 2.45) is 5.92 Å². The summed E-state index contributed by atoms with van der Waals surface area (Å²) in [5, 5.41) is 0. The van der Waals surface area contributed by atoms with Crippen molar-refractivity contribution >= 4 is 26.1 Å². The molecule has 0 aromatic carbocycles. The molecule has 0 saturated carbocycles. The second-order valence-electron chi connectivity index (χ2n) is 5.04. The van der Waals surface area contributed by atoms with Crippen LogP contribution in [0.4, 0.5) is 0 Å². The summed E-state index contributed by atoms with van der Waals surface area (Å²) in [5.74, 6) is 0.568. The average molecular weight is 327 g/mol. The fourth-order valence-electron chi connectivity index (χ4n) is 1.99. The number of alkyl halides is 1. The van der Waals surface area contributed by atoms with Crippen LogP contribution in [0, 0.1) is 5.92 Å². The molecule has 0 amide bonds. The van der Waals surface area contributed by atoms with Gasteiger partial charge >= 0.3 is 0 Å². The normalized spacial score (nSPS) is 20.7. The van der Waals surface area contributed by atoms with E-state index in [0.29, 0.717) is 25.6 Å². The van der Waals surface area contributed by atoms with Crippen LogP contribution in [0.5, 0.6) is 0 Å². The zero-order valence-corrected chi connectivity index (χ0v) is 13.1. The summed E-state index contributed by atoms with van der Waals surface area (Å²) in [6, 6.07) is 0. The second-order valence-corrected chi connectivity index (χ2v) is 8.09. The van der Waals surface area contributed by atoms with E-state index in [1.54, 1.807) is 4.31 Å². The van der Waals surface area contributed by atoms with Crippen LogP contribution in [0.2, 0.25) is 0 Å². The van der Waals surface area contributed by atoms with E-state index in [1.807, 2.05) is 0 Å². The Bertz CT molecular complexity index is 313. The second kappa shape index (κ2) is 7.07. The lowest BCUT2D eigenvalue weighted by molar-refractivity contribution is 0.341. The molecule has 0 aliphatic carbocycles. The predicted octanol–water partition coefficient (Wildman–Crippen LogP) is 2.12. The molecule has 1 heterocycles. The van der Waals surface area contributed by atoms with E-state index in [2.05, 4.69) is 34.5 Å². The Hall–Kier alpha value is 0.350. The van der Waals surface area contributed by atoms with Crippen molar-refractivity contribution in [2.45, 2.75) is 44.4 Å². The Morgan fingerprint density at radius 2 is 1.82 bits per heavy atom. The van der Waals surface area contributed by atoms with E-state index in [9.17, 15) is 8.42 Å². The Labute approximate surface area is 113 Å². The first-order valence-electron chi connectivity index (χ1n) is 6.30. The molecule has 1 unspecified atom stereocenters. The molecule has 1 aliphatic heterocycles. The molecule has 0 aromatic rings. The maximum absolute atomic E-state index is 12.0. The lowest BCUT2D eigenvalue weighted by atomic mass is 10.1. The maximum atomic E-state index is 12.0. The highest BCUT2D eigenvalue weighted by Crippen LogP contribution is 2.14. The molecule has 0 radical (unpaired) electrons. The summed E-state index contributed by atoms with van der Waals surface area (Å²) in [6.07, 6.45) is 4.07. The quantitative estimate of drug-likeness (QED) is 0.760. The van der Waals surface area contributed by atoms with Gasteiger partial charge in [0.05, 0.1) is 0 Å². The van der Waals surface area contributed by atoms with Gasteiger partial charge in [0, 0.05) is 24.5 Å². The van der Waals surface area contributed by atoms with E-state index in [1.165, 1.54) is 0 Å². The van der Waals surface area contributed by atoms with E-state index in [-0.39, 0.29) is 4.83 Å². The van der Waals surface area contributed by atoms with Gasteiger partial charge in [0.25, 0.3) is 10.2 Å². The van der Waals surface area contributed by atoms with E-state index >= 15 is 0 Å². The van der Waals surface area contributed by atoms with Gasteiger partial charge < -0.3 is 0 Å². The van der Waals surface area contributed by atoms with Crippen LogP contribution in [0.1, 0.15) is 39.5 Å². The molecule has 1 saturated heterocycles. The van der Waals surface area contributed by atoms with Crippen LogP contribution >= 0.6 is 15.9 Å². The molecule has 1 atom stereocenters. The number of hydrogen-bond donors (Lipinski definition) is 1. The number of piperidine rings is 1. The van der Waals surface area contributed by atoms with Gasteiger partial charge in [0.1, 0.15) is 0 Å². The maximum Gasteiger partial charge on any atom is 0.279 e. The summed E-state index contributed by atoms with van der Waals surface area (Å²) >= 11 is 3.51. The molecule has 1 fully saturated rings. The lowest BCUT2D eigenvalue weighted by Gasteiger charge is -2.26. The fraction of sp³-hybridized carbons (Fsp3) is 1.00. The molecule has 0 bridgehead atoms. The molecule has 102 valence electrons. The van der Waals surface area contributed by atoms with E-state index < -0.39 is 10.2 Å². The van der Waals surface area contributed by atoms with Crippen LogP contribution in [0.25, 0.3) is 0 Å². The van der Waals surface area contributed by atoms with Crippen molar-refractivity contribution in [3.8, 4) is 0 Å². The minimum absolute atomic E-state index is 0.210. The van der Waals surface area contributed by atoms with Crippen LogP contribution in [-0.2, 0) is 10.2 Å². The molecule has 4 nitrogen and oxygen atoms in total. The van der Waals surface area contributed by atoms with Gasteiger partial charge in [-0.15, -0.1) is 0 Å². The van der Waals surface area contributed by atoms with Crippen LogP contribution in [0.15, 0.2) is 0 Å². The smallest absolute Gasteiger partial charge is 0.201 e. The molecule has 1 aliphatic rings. The van der Waals surface area contributed by atoms with E-state index in [4.69, 9.17) is 0 Å². The monoisotopic (exact) mass is 326 g/mol. The number of hydrogen-bond acceptors (Lipinski definition) is 2. The molecule has 17 heavy (non-hydrogen) atoms. The van der Waals surface area contributed by atoms with E-state index in [0.717, 1.165) is 25.7 Å². The van der Waals surface area contributed by atoms with Crippen molar-refractivity contribution in [3.05, 3.63) is 0 Å². The first-order valence-corrected chi connectivity index (χ1v) is 8.66. The Balaban J connectivity index is 2.38. The largest absolute Gasteiger partial charge is 0.279 e. The first kappa shape index (κ1) is 15.4. The highest BCUT2D eigenvalue weighted by atomic mass is 79.9. The fourth-order valence-corrected chi connectivity index (χ4v) is 4.44. The van der Waals surface area contributed by atoms with Gasteiger partial charge in [-0.2, -0.15) is 12.7 Å².